The number of nitrogens with one attached hydrogen (secondary N) is 2. The fraction of sp³-hybridized carbons (Fsp3) is 0.628. The number of amides is 4. The molecule has 1 aromatic carbocycles. The van der Waals surface area contributed by atoms with Crippen molar-refractivity contribution < 1.29 is 51.7 Å². The topological polar surface area (TPSA) is 211 Å². The van der Waals surface area contributed by atoms with Gasteiger partial charge < -0.3 is 29.5 Å². The summed E-state index contributed by atoms with van der Waals surface area (Å²) in [6.07, 6.45) is 7.77. The van der Waals surface area contributed by atoms with Crippen LogP contribution in [0.4, 0.5) is 4.79 Å². The molecular formula is C43H53N5O11S. The zero-order valence-corrected chi connectivity index (χ0v) is 35.1. The van der Waals surface area contributed by atoms with Crippen LogP contribution >= 0.6 is 0 Å². The summed E-state index contributed by atoms with van der Waals surface area (Å²) in [6, 6.07) is 2.72. The Balaban J connectivity index is 1.08. The fourth-order valence-electron chi connectivity index (χ4n) is 10.5. The van der Waals surface area contributed by atoms with Crippen LogP contribution in [0.2, 0.25) is 0 Å². The summed E-state index contributed by atoms with van der Waals surface area (Å²) in [4.78, 5) is 77.1. The van der Waals surface area contributed by atoms with Gasteiger partial charge in [-0.3, -0.25) is 28.8 Å². The van der Waals surface area contributed by atoms with E-state index in [0.717, 1.165) is 22.9 Å². The normalized spacial score (nSPS) is 33.8. The van der Waals surface area contributed by atoms with Crippen LogP contribution in [0, 0.1) is 18.8 Å². The van der Waals surface area contributed by atoms with Gasteiger partial charge in [-0.2, -0.15) is 0 Å². The van der Waals surface area contributed by atoms with Crippen molar-refractivity contribution in [2.45, 2.75) is 144 Å². The number of ether oxygens (including phenoxy) is 3. The molecule has 5 fully saturated rings. The van der Waals surface area contributed by atoms with Crippen molar-refractivity contribution in [3.8, 4) is 11.5 Å². The number of hydrogen-bond acceptors (Lipinski definition) is 11. The van der Waals surface area contributed by atoms with Crippen molar-refractivity contribution in [3.05, 3.63) is 41.6 Å². The number of esters is 1. The smallest absolute Gasteiger partial charge is 0.408 e. The molecule has 16 nitrogen and oxygen atoms in total. The van der Waals surface area contributed by atoms with Gasteiger partial charge in [-0.1, -0.05) is 25.0 Å². The number of carbonyl (C=O) groups is 5. The van der Waals surface area contributed by atoms with Gasteiger partial charge in [-0.25, -0.2) is 18.2 Å². The van der Waals surface area contributed by atoms with Gasteiger partial charge in [0.05, 0.1) is 36.0 Å². The molecule has 1 spiro atoms. The summed E-state index contributed by atoms with van der Waals surface area (Å²) in [5, 5.41) is 14.7. The number of pyridine rings is 1. The minimum atomic E-state index is -4.04. The number of carbonyl (C=O) groups excluding carboxylic acids is 4. The third-order valence-electron chi connectivity index (χ3n) is 14.4. The number of allylic oxidation sites excluding steroid dienone is 1. The van der Waals surface area contributed by atoms with E-state index in [-0.39, 0.29) is 50.5 Å². The molecule has 2 saturated heterocycles. The summed E-state index contributed by atoms with van der Waals surface area (Å²) in [5.74, 6) is -1.73. The van der Waals surface area contributed by atoms with Crippen molar-refractivity contribution >= 4 is 50.7 Å². The molecule has 2 aromatic rings. The molecule has 9 rings (SSSR count). The van der Waals surface area contributed by atoms with Crippen LogP contribution in [0.25, 0.3) is 10.9 Å². The van der Waals surface area contributed by atoms with Gasteiger partial charge in [0, 0.05) is 41.7 Å². The van der Waals surface area contributed by atoms with Gasteiger partial charge in [-0.05, 0) is 89.8 Å². The lowest BCUT2D eigenvalue weighted by Gasteiger charge is -2.38. The van der Waals surface area contributed by atoms with E-state index in [4.69, 9.17) is 19.2 Å². The van der Waals surface area contributed by atoms with Crippen LogP contribution in [-0.2, 0) is 40.4 Å². The molecule has 3 unspecified atom stereocenters. The number of sulfonamides is 1. The van der Waals surface area contributed by atoms with E-state index in [1.807, 2.05) is 37.3 Å². The first-order valence-electron chi connectivity index (χ1n) is 21.3. The van der Waals surface area contributed by atoms with Gasteiger partial charge in [0.25, 0.3) is 5.91 Å². The highest BCUT2D eigenvalue weighted by atomic mass is 32.2. The average molecular weight is 848 g/mol. The second-order valence-electron chi connectivity index (χ2n) is 18.4. The molecule has 322 valence electrons. The van der Waals surface area contributed by atoms with Gasteiger partial charge in [0.1, 0.15) is 40.8 Å². The Labute approximate surface area is 348 Å². The molecule has 0 radical (unpaired) electrons. The summed E-state index contributed by atoms with van der Waals surface area (Å²) >= 11 is 0. The zero-order chi connectivity index (χ0) is 42.4. The van der Waals surface area contributed by atoms with Crippen LogP contribution in [-0.4, -0.2) is 112 Å². The SMILES string of the molecule is COc1ccc2nc(C)c3c(c2c1)CC[C@]1(C[C@H]2C(=O)N[C@]4(C(=O)NS(=O)(=O)C5(C)CC5)C[C@H]4/C=C\CCCCC[C@H](N(C(=O)O)C4CC5CC(=O)OC5C4)C(=O)N2C1)O3. The Bertz CT molecular complexity index is 2300. The van der Waals surface area contributed by atoms with E-state index >= 15 is 4.79 Å². The second-order valence-corrected chi connectivity index (χ2v) is 20.6. The monoisotopic (exact) mass is 847 g/mol. The summed E-state index contributed by atoms with van der Waals surface area (Å²) in [7, 11) is -2.44. The molecule has 7 aliphatic rings. The molecule has 4 aliphatic heterocycles. The standard InChI is InChI=1S/C43H53N5O11S/c1-24-36-29(30-20-28(57-3)11-12-31(30)44-24)13-14-42(59-36)22-33-37(50)45-43(39(52)46-60(55,56)41(2)15-16-41)21-26(43)9-7-5-4-6-8-10-32(38(51)47(33)23-42)48(40(53)54)27-17-25-18-35(49)58-34(25)19-27/h7,9,11-12,20,25-27,32-34H,4-6,8,10,13-19,21-23H2,1-3H3,(H,45,50)(H,46,52)(H,53,54)/b9-7-/t25?,26-,27?,32+,33+,34?,42-,43-/m1/s1. The lowest BCUT2D eigenvalue weighted by molar-refractivity contribution is -0.145. The number of aryl methyl sites for hydroxylation is 2. The van der Waals surface area contributed by atoms with Crippen LogP contribution in [0.15, 0.2) is 30.4 Å². The van der Waals surface area contributed by atoms with Crippen LogP contribution in [0.5, 0.6) is 11.5 Å². The number of rotatable bonds is 6. The molecule has 3 aliphatic carbocycles. The van der Waals surface area contributed by atoms with E-state index in [1.54, 1.807) is 14.0 Å². The predicted molar refractivity (Wildman–Crippen MR) is 215 cm³/mol. The van der Waals surface area contributed by atoms with Crippen LogP contribution in [0.3, 0.4) is 0 Å². The van der Waals surface area contributed by atoms with Crippen molar-refractivity contribution in [2.75, 3.05) is 13.7 Å². The highest BCUT2D eigenvalue weighted by Crippen LogP contribution is 2.49. The Morgan fingerprint density at radius 3 is 2.63 bits per heavy atom. The molecular weight excluding hydrogens is 795 g/mol. The van der Waals surface area contributed by atoms with Gasteiger partial charge >= 0.3 is 12.1 Å². The largest absolute Gasteiger partial charge is 0.497 e. The number of benzene rings is 1. The summed E-state index contributed by atoms with van der Waals surface area (Å²) in [5.41, 5.74) is -0.302. The Hall–Kier alpha value is -4.93. The first-order chi connectivity index (χ1) is 28.6. The zero-order valence-electron chi connectivity index (χ0n) is 34.2. The van der Waals surface area contributed by atoms with Crippen molar-refractivity contribution in [3.63, 3.8) is 0 Å². The Morgan fingerprint density at radius 1 is 1.10 bits per heavy atom. The number of fused-ring (bicyclic) bond motifs is 6. The minimum absolute atomic E-state index is 0.0360. The molecule has 60 heavy (non-hydrogen) atoms. The van der Waals surface area contributed by atoms with Gasteiger partial charge in [-0.15, -0.1) is 0 Å². The minimum Gasteiger partial charge on any atom is -0.497 e. The number of aromatic nitrogens is 1. The molecule has 5 heterocycles. The molecule has 0 bridgehead atoms. The van der Waals surface area contributed by atoms with Gasteiger partial charge in [0.2, 0.25) is 21.8 Å². The van der Waals surface area contributed by atoms with E-state index < -0.39 is 79.9 Å². The van der Waals surface area contributed by atoms with Crippen LogP contribution in [0.1, 0.15) is 102 Å². The van der Waals surface area contributed by atoms with E-state index in [9.17, 15) is 32.7 Å². The first kappa shape index (κ1) is 40.5. The number of methoxy groups -OCH3 is 1. The summed E-state index contributed by atoms with van der Waals surface area (Å²) < 4.78 is 45.8. The maximum atomic E-state index is 15.3. The van der Waals surface area contributed by atoms with E-state index in [1.165, 1.54) is 9.80 Å². The van der Waals surface area contributed by atoms with Crippen molar-refractivity contribution in [2.24, 2.45) is 11.8 Å². The van der Waals surface area contributed by atoms with E-state index in [2.05, 4.69) is 10.0 Å². The first-order valence-corrected chi connectivity index (χ1v) is 22.8. The number of nitrogens with zero attached hydrogens (tertiary/aromatic N) is 3. The predicted octanol–water partition coefficient (Wildman–Crippen LogP) is 4.05. The third kappa shape index (κ3) is 6.93. The number of carboxylic acid groups (broad SMARTS) is 1. The second kappa shape index (κ2) is 14.6. The molecule has 17 heteroatoms. The third-order valence-corrected chi connectivity index (χ3v) is 16.6. The fourth-order valence-corrected chi connectivity index (χ4v) is 11.8. The Kier molecular flexibility index (Phi) is 9.86. The highest BCUT2D eigenvalue weighted by molar-refractivity contribution is 7.91. The van der Waals surface area contributed by atoms with E-state index in [0.29, 0.717) is 68.6 Å². The Morgan fingerprint density at radius 2 is 1.90 bits per heavy atom. The van der Waals surface area contributed by atoms with Crippen molar-refractivity contribution in [1.29, 1.82) is 0 Å². The molecule has 1 aromatic heterocycles. The molecule has 3 N–H and O–H groups in total. The van der Waals surface area contributed by atoms with Crippen LogP contribution < -0.4 is 19.5 Å². The van der Waals surface area contributed by atoms with Crippen molar-refractivity contribution in [1.82, 2.24) is 24.8 Å². The van der Waals surface area contributed by atoms with Gasteiger partial charge in [0.15, 0.2) is 0 Å². The summed E-state index contributed by atoms with van der Waals surface area (Å²) in [6.45, 7) is 3.40. The molecule has 8 atom stereocenters. The maximum absolute atomic E-state index is 15.3. The lowest BCUT2D eigenvalue weighted by atomic mass is 9.87. The average Bonchev–Trinajstić information content (AvgIpc) is 3.98. The molecule has 4 amide bonds. The highest BCUT2D eigenvalue weighted by Gasteiger charge is 2.64. The lowest BCUT2D eigenvalue weighted by Crippen LogP contribution is -2.59. The molecule has 3 saturated carbocycles. The number of hydrogen-bond donors (Lipinski definition) is 3. The quantitative estimate of drug-likeness (QED) is 0.278. The maximum Gasteiger partial charge on any atom is 0.408 e.